The molecule has 1 saturated heterocycles. The van der Waals surface area contributed by atoms with Crippen LogP contribution in [0.25, 0.3) is 0 Å². The first kappa shape index (κ1) is 20.0. The number of carbonyl (C=O) groups excluding carboxylic acids is 2. The third-order valence-corrected chi connectivity index (χ3v) is 4.85. The van der Waals surface area contributed by atoms with E-state index >= 15 is 0 Å². The molecule has 0 spiro atoms. The van der Waals surface area contributed by atoms with Crippen molar-refractivity contribution in [2.45, 2.75) is 65.5 Å². The number of aryl methyl sites for hydroxylation is 1. The van der Waals surface area contributed by atoms with Crippen LogP contribution < -0.4 is 5.32 Å². The third-order valence-electron chi connectivity index (χ3n) is 4.85. The number of amides is 2. The molecule has 1 aliphatic heterocycles. The molecular weight excluding hydrogens is 365 g/mol. The van der Waals surface area contributed by atoms with Gasteiger partial charge in [0.1, 0.15) is 6.17 Å². The Hall–Kier alpha value is -2.78. The van der Waals surface area contributed by atoms with Gasteiger partial charge in [-0.05, 0) is 27.7 Å². The highest BCUT2D eigenvalue weighted by Gasteiger charge is 2.37. The van der Waals surface area contributed by atoms with Crippen molar-refractivity contribution in [3.63, 3.8) is 0 Å². The zero-order valence-corrected chi connectivity index (χ0v) is 16.6. The van der Waals surface area contributed by atoms with Crippen molar-refractivity contribution in [3.05, 3.63) is 29.3 Å². The smallest absolute Gasteiger partial charge is 0.273 e. The Balaban J connectivity index is 1.74. The van der Waals surface area contributed by atoms with Gasteiger partial charge in [0.15, 0.2) is 5.69 Å². The minimum Gasteiger partial charge on any atom is -0.348 e. The first-order valence-electron chi connectivity index (χ1n) is 9.48. The lowest BCUT2D eigenvalue weighted by molar-refractivity contribution is 0.0713. The van der Waals surface area contributed by atoms with Gasteiger partial charge in [-0.3, -0.25) is 14.3 Å². The maximum atomic E-state index is 14.1. The second-order valence-electron chi connectivity index (χ2n) is 7.36. The number of carbonyl (C=O) groups is 2. The summed E-state index contributed by atoms with van der Waals surface area (Å²) < 4.78 is 17.4. The zero-order chi connectivity index (χ0) is 20.4. The van der Waals surface area contributed by atoms with Gasteiger partial charge in [0.05, 0.1) is 37.1 Å². The Bertz CT molecular complexity index is 860. The van der Waals surface area contributed by atoms with Crippen molar-refractivity contribution in [2.24, 2.45) is 0 Å². The SMILES string of the molecule is CCn1ncc(C(=O)N2C[C@@H](F)C[C@H]2Cn2cc(C(=O)NC(C)C)nn2)c1C. The Kier molecular flexibility index (Phi) is 5.76. The average molecular weight is 391 g/mol. The monoisotopic (exact) mass is 391 g/mol. The van der Waals surface area contributed by atoms with E-state index in [0.717, 1.165) is 5.69 Å². The van der Waals surface area contributed by atoms with Gasteiger partial charge in [-0.15, -0.1) is 5.10 Å². The Morgan fingerprint density at radius 2 is 2.14 bits per heavy atom. The zero-order valence-electron chi connectivity index (χ0n) is 16.6. The molecule has 0 radical (unpaired) electrons. The van der Waals surface area contributed by atoms with Crippen LogP contribution >= 0.6 is 0 Å². The van der Waals surface area contributed by atoms with Gasteiger partial charge in [-0.25, -0.2) is 9.07 Å². The molecule has 3 rings (SSSR count). The molecule has 1 fully saturated rings. The molecule has 152 valence electrons. The van der Waals surface area contributed by atoms with Gasteiger partial charge in [-0.1, -0.05) is 5.21 Å². The van der Waals surface area contributed by atoms with Crippen LogP contribution in [0.4, 0.5) is 4.39 Å². The summed E-state index contributed by atoms with van der Waals surface area (Å²) in [6, 6.07) is -0.380. The second kappa shape index (κ2) is 8.07. The van der Waals surface area contributed by atoms with E-state index < -0.39 is 6.17 Å². The molecule has 2 aromatic heterocycles. The summed E-state index contributed by atoms with van der Waals surface area (Å²) in [5.41, 5.74) is 1.44. The van der Waals surface area contributed by atoms with Crippen molar-refractivity contribution in [3.8, 4) is 0 Å². The molecule has 0 aromatic carbocycles. The van der Waals surface area contributed by atoms with E-state index in [1.807, 2.05) is 27.7 Å². The van der Waals surface area contributed by atoms with E-state index in [1.165, 1.54) is 22.0 Å². The van der Waals surface area contributed by atoms with Crippen molar-refractivity contribution in [1.29, 1.82) is 0 Å². The van der Waals surface area contributed by atoms with Crippen molar-refractivity contribution in [1.82, 2.24) is 35.0 Å². The minimum atomic E-state index is -1.09. The molecule has 1 aliphatic rings. The fourth-order valence-corrected chi connectivity index (χ4v) is 3.46. The van der Waals surface area contributed by atoms with Crippen LogP contribution in [0.3, 0.4) is 0 Å². The lowest BCUT2D eigenvalue weighted by Gasteiger charge is -2.24. The summed E-state index contributed by atoms with van der Waals surface area (Å²) in [5.74, 6) is -0.549. The van der Waals surface area contributed by atoms with Crippen LogP contribution in [-0.4, -0.2) is 66.3 Å². The predicted molar refractivity (Wildman–Crippen MR) is 99.6 cm³/mol. The van der Waals surface area contributed by atoms with Gasteiger partial charge in [-0.2, -0.15) is 5.10 Å². The second-order valence-corrected chi connectivity index (χ2v) is 7.36. The van der Waals surface area contributed by atoms with Crippen LogP contribution in [0.1, 0.15) is 53.7 Å². The molecule has 3 heterocycles. The molecule has 10 heteroatoms. The number of hydrogen-bond acceptors (Lipinski definition) is 5. The highest BCUT2D eigenvalue weighted by molar-refractivity contribution is 5.95. The fourth-order valence-electron chi connectivity index (χ4n) is 3.46. The number of likely N-dealkylation sites (tertiary alicyclic amines) is 1. The molecule has 0 aliphatic carbocycles. The van der Waals surface area contributed by atoms with Crippen molar-refractivity contribution >= 4 is 11.8 Å². The molecule has 0 saturated carbocycles. The van der Waals surface area contributed by atoms with E-state index in [0.29, 0.717) is 12.1 Å². The van der Waals surface area contributed by atoms with Crippen LogP contribution in [0.5, 0.6) is 0 Å². The van der Waals surface area contributed by atoms with Crippen LogP contribution in [0.2, 0.25) is 0 Å². The van der Waals surface area contributed by atoms with Crippen LogP contribution in [0, 0.1) is 6.92 Å². The normalized spacial score (nSPS) is 19.4. The molecule has 1 N–H and O–H groups in total. The van der Waals surface area contributed by atoms with E-state index in [1.54, 1.807) is 4.68 Å². The predicted octanol–water partition coefficient (Wildman–Crippen LogP) is 1.19. The van der Waals surface area contributed by atoms with E-state index in [2.05, 4.69) is 20.7 Å². The first-order chi connectivity index (χ1) is 13.3. The van der Waals surface area contributed by atoms with Crippen molar-refractivity contribution < 1.29 is 14.0 Å². The topological polar surface area (TPSA) is 97.9 Å². The largest absolute Gasteiger partial charge is 0.348 e. The molecule has 0 unspecified atom stereocenters. The summed E-state index contributed by atoms with van der Waals surface area (Å²) in [5, 5.41) is 14.8. The van der Waals surface area contributed by atoms with Crippen LogP contribution in [0.15, 0.2) is 12.4 Å². The van der Waals surface area contributed by atoms with Crippen LogP contribution in [-0.2, 0) is 13.1 Å². The first-order valence-corrected chi connectivity index (χ1v) is 9.48. The molecule has 2 aromatic rings. The van der Waals surface area contributed by atoms with E-state index in [9.17, 15) is 14.0 Å². The highest BCUT2D eigenvalue weighted by Crippen LogP contribution is 2.25. The van der Waals surface area contributed by atoms with Gasteiger partial charge in [0, 0.05) is 24.7 Å². The maximum Gasteiger partial charge on any atom is 0.273 e. The van der Waals surface area contributed by atoms with E-state index in [-0.39, 0.29) is 49.1 Å². The van der Waals surface area contributed by atoms with Gasteiger partial charge in [0.2, 0.25) is 0 Å². The standard InChI is InChI=1S/C18H26FN7O2/c1-5-26-12(4)15(7-20-26)18(28)25-8-13(19)6-14(25)9-24-10-16(22-23-24)17(27)21-11(2)3/h7,10-11,13-14H,5-6,8-9H2,1-4H3,(H,21,27)/t13-,14-/m0/s1. The van der Waals surface area contributed by atoms with Gasteiger partial charge >= 0.3 is 0 Å². The summed E-state index contributed by atoms with van der Waals surface area (Å²) in [7, 11) is 0. The Labute approximate surface area is 162 Å². The van der Waals surface area contributed by atoms with Gasteiger partial charge in [0.25, 0.3) is 11.8 Å². The highest BCUT2D eigenvalue weighted by atomic mass is 19.1. The summed E-state index contributed by atoms with van der Waals surface area (Å²) >= 11 is 0. The molecular formula is C18H26FN7O2. The van der Waals surface area contributed by atoms with E-state index in [4.69, 9.17) is 0 Å². The number of hydrogen-bond donors (Lipinski definition) is 1. The number of halogens is 1. The number of nitrogens with one attached hydrogen (secondary N) is 1. The molecule has 9 nitrogen and oxygen atoms in total. The number of nitrogens with zero attached hydrogens (tertiary/aromatic N) is 6. The molecule has 2 atom stereocenters. The number of alkyl halides is 1. The summed E-state index contributed by atoms with van der Waals surface area (Å²) in [6.45, 7) is 8.46. The molecule has 0 bridgehead atoms. The maximum absolute atomic E-state index is 14.1. The minimum absolute atomic E-state index is 0.0137. The van der Waals surface area contributed by atoms with Gasteiger partial charge < -0.3 is 10.2 Å². The van der Waals surface area contributed by atoms with Crippen molar-refractivity contribution in [2.75, 3.05) is 6.54 Å². The summed E-state index contributed by atoms with van der Waals surface area (Å²) in [6.07, 6.45) is 2.18. The fraction of sp³-hybridized carbons (Fsp3) is 0.611. The molecule has 28 heavy (non-hydrogen) atoms. The lowest BCUT2D eigenvalue weighted by Crippen LogP contribution is -2.38. The number of rotatable bonds is 6. The Morgan fingerprint density at radius 1 is 1.39 bits per heavy atom. The number of aromatic nitrogens is 5. The average Bonchev–Trinajstić information content (AvgIpc) is 3.33. The Morgan fingerprint density at radius 3 is 2.79 bits per heavy atom. The summed E-state index contributed by atoms with van der Waals surface area (Å²) in [4.78, 5) is 26.5. The molecule has 2 amide bonds. The quantitative estimate of drug-likeness (QED) is 0.798. The third kappa shape index (κ3) is 4.05. The lowest BCUT2D eigenvalue weighted by atomic mass is 10.2.